The van der Waals surface area contributed by atoms with Gasteiger partial charge in [0.15, 0.2) is 0 Å². The molecule has 0 bridgehead atoms. The van der Waals surface area contributed by atoms with Gasteiger partial charge in [-0.1, -0.05) is 38.4 Å². The average Bonchev–Trinajstić information content (AvgIpc) is 2.14. The van der Waals surface area contributed by atoms with E-state index in [2.05, 4.69) is 20.8 Å². The van der Waals surface area contributed by atoms with Gasteiger partial charge >= 0.3 is 0 Å². The zero-order chi connectivity index (χ0) is 12.3. The van der Waals surface area contributed by atoms with Gasteiger partial charge in [0.2, 0.25) is 0 Å². The van der Waals surface area contributed by atoms with Crippen molar-refractivity contribution < 1.29 is 4.74 Å². The summed E-state index contributed by atoms with van der Waals surface area (Å²) in [5.41, 5.74) is 6.84. The predicted molar refractivity (Wildman–Crippen MR) is 69.1 cm³/mol. The highest BCUT2D eigenvalue weighted by Crippen LogP contribution is 2.30. The van der Waals surface area contributed by atoms with Crippen LogP contribution >= 0.6 is 11.6 Å². The predicted octanol–water partition coefficient (Wildman–Crippen LogP) is 3.40. The van der Waals surface area contributed by atoms with Gasteiger partial charge in [-0.15, -0.1) is 0 Å². The second-order valence-electron chi connectivity index (χ2n) is 5.14. The fraction of sp³-hybridized carbons (Fsp3) is 0.538. The Bertz CT molecular complexity index is 357. The van der Waals surface area contributed by atoms with Crippen molar-refractivity contribution in [3.63, 3.8) is 0 Å². The average molecular weight is 242 g/mol. The third-order valence-electron chi connectivity index (χ3n) is 2.54. The molecule has 0 spiro atoms. The largest absolute Gasteiger partial charge is 0.487 e. The summed E-state index contributed by atoms with van der Waals surface area (Å²) >= 11 is 6.11. The van der Waals surface area contributed by atoms with E-state index in [9.17, 15) is 0 Å². The normalized spacial score (nSPS) is 13.6. The van der Waals surface area contributed by atoms with E-state index >= 15 is 0 Å². The van der Waals surface area contributed by atoms with Gasteiger partial charge in [0, 0.05) is 12.0 Å². The first-order valence-electron chi connectivity index (χ1n) is 5.47. The molecule has 0 aliphatic heterocycles. The maximum atomic E-state index is 6.11. The topological polar surface area (TPSA) is 35.2 Å². The van der Waals surface area contributed by atoms with Crippen LogP contribution in [0, 0.1) is 12.3 Å². The highest BCUT2D eigenvalue weighted by molar-refractivity contribution is 6.32. The molecule has 0 saturated heterocycles. The minimum atomic E-state index is -0.0345. The summed E-state index contributed by atoms with van der Waals surface area (Å²) in [7, 11) is 0. The molecular formula is C13H20ClNO. The number of benzene rings is 1. The van der Waals surface area contributed by atoms with E-state index in [1.54, 1.807) is 0 Å². The fourth-order valence-corrected chi connectivity index (χ4v) is 1.71. The van der Waals surface area contributed by atoms with Gasteiger partial charge < -0.3 is 10.5 Å². The van der Waals surface area contributed by atoms with Crippen molar-refractivity contribution >= 4 is 11.6 Å². The van der Waals surface area contributed by atoms with Crippen LogP contribution in [0.25, 0.3) is 0 Å². The zero-order valence-corrected chi connectivity index (χ0v) is 11.1. The monoisotopic (exact) mass is 241 g/mol. The number of rotatable bonds is 3. The summed E-state index contributed by atoms with van der Waals surface area (Å²) in [5.74, 6) is 0.706. The molecule has 1 aromatic carbocycles. The number of hydrogen-bond acceptors (Lipinski definition) is 2. The molecule has 0 radical (unpaired) electrons. The lowest BCUT2D eigenvalue weighted by Crippen LogP contribution is -2.38. The molecule has 0 aliphatic rings. The summed E-state index contributed by atoms with van der Waals surface area (Å²) < 4.78 is 5.86. The van der Waals surface area contributed by atoms with Crippen LogP contribution in [0.15, 0.2) is 18.2 Å². The van der Waals surface area contributed by atoms with E-state index in [1.165, 1.54) is 0 Å². The van der Waals surface area contributed by atoms with Crippen molar-refractivity contribution in [1.29, 1.82) is 0 Å². The molecule has 0 aliphatic carbocycles. The maximum absolute atomic E-state index is 6.11. The van der Waals surface area contributed by atoms with Gasteiger partial charge in [-0.25, -0.2) is 0 Å². The summed E-state index contributed by atoms with van der Waals surface area (Å²) in [4.78, 5) is 0. The summed E-state index contributed by atoms with van der Waals surface area (Å²) in [6, 6.07) is 5.77. The van der Waals surface area contributed by atoms with E-state index < -0.39 is 0 Å². The molecule has 16 heavy (non-hydrogen) atoms. The molecule has 0 aromatic heterocycles. The lowest BCUT2D eigenvalue weighted by Gasteiger charge is -2.30. The minimum Gasteiger partial charge on any atom is -0.487 e. The van der Waals surface area contributed by atoms with Crippen molar-refractivity contribution in [3.8, 4) is 5.75 Å². The first kappa shape index (κ1) is 13.3. The molecule has 1 aromatic rings. The van der Waals surface area contributed by atoms with Crippen LogP contribution in [0.3, 0.4) is 0 Å². The molecule has 0 heterocycles. The third kappa shape index (κ3) is 3.39. The summed E-state index contributed by atoms with van der Waals surface area (Å²) in [6.45, 7) is 8.79. The lowest BCUT2D eigenvalue weighted by atomic mass is 9.89. The molecule has 1 atom stereocenters. The first-order valence-corrected chi connectivity index (χ1v) is 5.85. The van der Waals surface area contributed by atoms with E-state index in [-0.39, 0.29) is 11.5 Å². The van der Waals surface area contributed by atoms with Gasteiger partial charge in [-0.2, -0.15) is 0 Å². The number of halogens is 1. The standard InChI is InChI=1S/C13H20ClNO/c1-9-5-6-11(10(14)7-9)16-12(8-15)13(2,3)4/h5-7,12H,8,15H2,1-4H3. The fourth-order valence-electron chi connectivity index (χ4n) is 1.43. The van der Waals surface area contributed by atoms with Crippen LogP contribution < -0.4 is 10.5 Å². The van der Waals surface area contributed by atoms with Crippen LogP contribution in [0.4, 0.5) is 0 Å². The Morgan fingerprint density at radius 2 is 2.00 bits per heavy atom. The van der Waals surface area contributed by atoms with Gasteiger partial charge in [-0.3, -0.25) is 0 Å². The summed E-state index contributed by atoms with van der Waals surface area (Å²) in [5, 5.41) is 0.641. The first-order chi connectivity index (χ1) is 7.34. The second-order valence-corrected chi connectivity index (χ2v) is 5.55. The number of ether oxygens (including phenoxy) is 1. The molecule has 0 amide bonds. The van der Waals surface area contributed by atoms with Crippen molar-refractivity contribution in [1.82, 2.24) is 0 Å². The van der Waals surface area contributed by atoms with Gasteiger partial charge in [0.1, 0.15) is 11.9 Å². The van der Waals surface area contributed by atoms with Gasteiger partial charge in [0.25, 0.3) is 0 Å². The number of nitrogens with two attached hydrogens (primary N) is 1. The Labute approximate surface area is 103 Å². The van der Waals surface area contributed by atoms with Crippen molar-refractivity contribution in [2.24, 2.45) is 11.1 Å². The molecule has 0 fully saturated rings. The van der Waals surface area contributed by atoms with E-state index in [1.807, 2.05) is 25.1 Å². The summed E-state index contributed by atoms with van der Waals surface area (Å²) in [6.07, 6.45) is -0.0345. The second kappa shape index (κ2) is 5.07. The third-order valence-corrected chi connectivity index (χ3v) is 2.83. The van der Waals surface area contributed by atoms with Crippen molar-refractivity contribution in [2.45, 2.75) is 33.8 Å². The highest BCUT2D eigenvalue weighted by Gasteiger charge is 2.25. The Kier molecular flexibility index (Phi) is 4.22. The molecule has 90 valence electrons. The highest BCUT2D eigenvalue weighted by atomic mass is 35.5. The molecule has 1 unspecified atom stereocenters. The molecule has 0 saturated carbocycles. The Morgan fingerprint density at radius 1 is 1.38 bits per heavy atom. The Balaban J connectivity index is 2.86. The molecule has 1 rings (SSSR count). The Hall–Kier alpha value is -0.730. The molecule has 2 N–H and O–H groups in total. The number of hydrogen-bond donors (Lipinski definition) is 1. The number of aryl methyl sites for hydroxylation is 1. The maximum Gasteiger partial charge on any atom is 0.138 e. The molecule has 2 nitrogen and oxygen atoms in total. The quantitative estimate of drug-likeness (QED) is 0.880. The van der Waals surface area contributed by atoms with Crippen LogP contribution in [0.2, 0.25) is 5.02 Å². The smallest absolute Gasteiger partial charge is 0.138 e. The van der Waals surface area contributed by atoms with Crippen LogP contribution in [-0.2, 0) is 0 Å². The van der Waals surface area contributed by atoms with E-state index in [0.29, 0.717) is 17.3 Å². The van der Waals surface area contributed by atoms with Crippen molar-refractivity contribution in [2.75, 3.05) is 6.54 Å². The molecule has 3 heteroatoms. The van der Waals surface area contributed by atoms with Crippen LogP contribution in [0.5, 0.6) is 5.75 Å². The van der Waals surface area contributed by atoms with Crippen molar-refractivity contribution in [3.05, 3.63) is 28.8 Å². The van der Waals surface area contributed by atoms with E-state index in [4.69, 9.17) is 22.1 Å². The zero-order valence-electron chi connectivity index (χ0n) is 10.4. The van der Waals surface area contributed by atoms with Crippen LogP contribution in [0.1, 0.15) is 26.3 Å². The minimum absolute atomic E-state index is 0.00294. The SMILES string of the molecule is Cc1ccc(OC(CN)C(C)(C)C)c(Cl)c1. The van der Waals surface area contributed by atoms with Gasteiger partial charge in [0.05, 0.1) is 5.02 Å². The van der Waals surface area contributed by atoms with Gasteiger partial charge in [-0.05, 0) is 24.6 Å². The Morgan fingerprint density at radius 3 is 2.44 bits per heavy atom. The lowest BCUT2D eigenvalue weighted by molar-refractivity contribution is 0.0943. The van der Waals surface area contributed by atoms with E-state index in [0.717, 1.165) is 5.56 Å². The molecular weight excluding hydrogens is 222 g/mol. The van der Waals surface area contributed by atoms with Crippen LogP contribution in [-0.4, -0.2) is 12.6 Å².